The van der Waals surface area contributed by atoms with Crippen molar-refractivity contribution in [3.8, 4) is 11.8 Å². The van der Waals surface area contributed by atoms with Crippen molar-refractivity contribution < 1.29 is 9.13 Å². The lowest BCUT2D eigenvalue weighted by Gasteiger charge is -2.21. The van der Waals surface area contributed by atoms with Crippen LogP contribution in [-0.2, 0) is 0 Å². The van der Waals surface area contributed by atoms with Gasteiger partial charge in [-0.25, -0.2) is 4.39 Å². The summed E-state index contributed by atoms with van der Waals surface area (Å²) in [5.41, 5.74) is 0.279. The number of nitriles is 1. The van der Waals surface area contributed by atoms with E-state index in [2.05, 4.69) is 0 Å². The molecule has 0 radical (unpaired) electrons. The fourth-order valence-electron chi connectivity index (χ4n) is 2.28. The van der Waals surface area contributed by atoms with E-state index in [1.54, 1.807) is 0 Å². The van der Waals surface area contributed by atoms with Gasteiger partial charge in [0.25, 0.3) is 0 Å². The van der Waals surface area contributed by atoms with Gasteiger partial charge in [-0.1, -0.05) is 19.3 Å². The van der Waals surface area contributed by atoms with Gasteiger partial charge in [0, 0.05) is 0 Å². The number of hydrogen-bond acceptors (Lipinski definition) is 2. The third kappa shape index (κ3) is 3.20. The van der Waals surface area contributed by atoms with Crippen LogP contribution in [0.15, 0.2) is 18.2 Å². The number of hydrogen-bond donors (Lipinski definition) is 0. The Labute approximate surface area is 101 Å². The average molecular weight is 233 g/mol. The summed E-state index contributed by atoms with van der Waals surface area (Å²) < 4.78 is 18.6. The maximum absolute atomic E-state index is 12.9. The zero-order valence-electron chi connectivity index (χ0n) is 9.79. The molecule has 1 fully saturated rings. The summed E-state index contributed by atoms with van der Waals surface area (Å²) in [6.45, 7) is 0.639. The van der Waals surface area contributed by atoms with Gasteiger partial charge in [-0.3, -0.25) is 0 Å². The first-order valence-electron chi connectivity index (χ1n) is 6.12. The normalized spacial score (nSPS) is 16.5. The van der Waals surface area contributed by atoms with Crippen molar-refractivity contribution in [2.75, 3.05) is 6.61 Å². The minimum Gasteiger partial charge on any atom is -0.492 e. The average Bonchev–Trinajstić information content (AvgIpc) is 2.38. The van der Waals surface area contributed by atoms with Crippen molar-refractivity contribution in [2.45, 2.75) is 32.1 Å². The Morgan fingerprint density at radius 2 is 2.06 bits per heavy atom. The van der Waals surface area contributed by atoms with Crippen molar-refractivity contribution in [1.29, 1.82) is 5.26 Å². The summed E-state index contributed by atoms with van der Waals surface area (Å²) in [5, 5.41) is 8.88. The van der Waals surface area contributed by atoms with Gasteiger partial charge in [0.15, 0.2) is 0 Å². The molecule has 17 heavy (non-hydrogen) atoms. The molecule has 1 aromatic carbocycles. The summed E-state index contributed by atoms with van der Waals surface area (Å²) in [7, 11) is 0. The standard InChI is InChI=1S/C14H16FNO/c15-13-6-7-14(12(8-13)9-16)17-10-11-4-2-1-3-5-11/h6-8,11H,1-5,10H2. The highest BCUT2D eigenvalue weighted by atomic mass is 19.1. The minimum absolute atomic E-state index is 0.279. The smallest absolute Gasteiger partial charge is 0.137 e. The molecule has 0 aliphatic heterocycles. The molecule has 0 bridgehead atoms. The summed E-state index contributed by atoms with van der Waals surface area (Å²) >= 11 is 0. The van der Waals surface area contributed by atoms with E-state index >= 15 is 0 Å². The molecule has 90 valence electrons. The molecule has 1 aliphatic rings. The Morgan fingerprint density at radius 3 is 2.76 bits per heavy atom. The van der Waals surface area contributed by atoms with E-state index < -0.39 is 5.82 Å². The van der Waals surface area contributed by atoms with Crippen molar-refractivity contribution in [3.63, 3.8) is 0 Å². The number of nitrogens with zero attached hydrogens (tertiary/aromatic N) is 1. The molecule has 1 aromatic rings. The van der Waals surface area contributed by atoms with Crippen LogP contribution in [0.2, 0.25) is 0 Å². The van der Waals surface area contributed by atoms with Gasteiger partial charge in [0.05, 0.1) is 12.2 Å². The first kappa shape index (κ1) is 11.9. The van der Waals surface area contributed by atoms with E-state index in [9.17, 15) is 4.39 Å². The summed E-state index contributed by atoms with van der Waals surface area (Å²) in [6.07, 6.45) is 6.24. The van der Waals surface area contributed by atoms with E-state index in [4.69, 9.17) is 10.00 Å². The molecule has 0 N–H and O–H groups in total. The highest BCUT2D eigenvalue weighted by Gasteiger charge is 2.15. The van der Waals surface area contributed by atoms with Gasteiger partial charge in [-0.2, -0.15) is 5.26 Å². The molecule has 0 heterocycles. The Balaban J connectivity index is 1.96. The van der Waals surface area contributed by atoms with Crippen LogP contribution in [0.5, 0.6) is 5.75 Å². The van der Waals surface area contributed by atoms with E-state index in [1.807, 2.05) is 6.07 Å². The Morgan fingerprint density at radius 1 is 1.29 bits per heavy atom. The Hall–Kier alpha value is -1.56. The zero-order valence-corrected chi connectivity index (χ0v) is 9.79. The lowest BCUT2D eigenvalue weighted by molar-refractivity contribution is 0.208. The maximum Gasteiger partial charge on any atom is 0.137 e. The minimum atomic E-state index is -0.397. The van der Waals surface area contributed by atoms with Crippen molar-refractivity contribution in [1.82, 2.24) is 0 Å². The molecule has 1 aliphatic carbocycles. The van der Waals surface area contributed by atoms with Crippen LogP contribution in [-0.4, -0.2) is 6.61 Å². The fraction of sp³-hybridized carbons (Fsp3) is 0.500. The Bertz CT molecular complexity index is 419. The predicted molar refractivity (Wildman–Crippen MR) is 63.2 cm³/mol. The van der Waals surface area contributed by atoms with Crippen molar-refractivity contribution in [3.05, 3.63) is 29.6 Å². The monoisotopic (exact) mass is 233 g/mol. The highest BCUT2D eigenvalue weighted by Crippen LogP contribution is 2.26. The van der Waals surface area contributed by atoms with Gasteiger partial charge in [-0.05, 0) is 37.0 Å². The molecule has 0 spiro atoms. The molecule has 0 aromatic heterocycles. The van der Waals surface area contributed by atoms with Gasteiger partial charge < -0.3 is 4.74 Å². The number of halogens is 1. The second-order valence-electron chi connectivity index (χ2n) is 4.57. The van der Waals surface area contributed by atoms with E-state index in [1.165, 1.54) is 50.3 Å². The molecular formula is C14H16FNO. The van der Waals surface area contributed by atoms with Gasteiger partial charge in [0.2, 0.25) is 0 Å². The maximum atomic E-state index is 12.9. The highest BCUT2D eigenvalue weighted by molar-refractivity contribution is 5.42. The van der Waals surface area contributed by atoms with Gasteiger partial charge >= 0.3 is 0 Å². The van der Waals surface area contributed by atoms with Crippen LogP contribution in [0.3, 0.4) is 0 Å². The van der Waals surface area contributed by atoms with Gasteiger partial charge in [0.1, 0.15) is 17.6 Å². The Kier molecular flexibility index (Phi) is 3.98. The zero-order chi connectivity index (χ0) is 12.1. The largest absolute Gasteiger partial charge is 0.492 e. The molecular weight excluding hydrogens is 217 g/mol. The van der Waals surface area contributed by atoms with E-state index in [-0.39, 0.29) is 5.56 Å². The second kappa shape index (κ2) is 5.67. The quantitative estimate of drug-likeness (QED) is 0.798. The molecule has 2 rings (SSSR count). The topological polar surface area (TPSA) is 33.0 Å². The third-order valence-corrected chi connectivity index (χ3v) is 3.26. The number of benzene rings is 1. The second-order valence-corrected chi connectivity index (χ2v) is 4.57. The van der Waals surface area contributed by atoms with Crippen molar-refractivity contribution >= 4 is 0 Å². The van der Waals surface area contributed by atoms with Crippen LogP contribution < -0.4 is 4.74 Å². The summed E-state index contributed by atoms with van der Waals surface area (Å²) in [4.78, 5) is 0. The first-order valence-corrected chi connectivity index (χ1v) is 6.12. The van der Waals surface area contributed by atoms with E-state index in [0.29, 0.717) is 18.3 Å². The number of rotatable bonds is 3. The van der Waals surface area contributed by atoms with Crippen LogP contribution in [0.25, 0.3) is 0 Å². The third-order valence-electron chi connectivity index (χ3n) is 3.26. The van der Waals surface area contributed by atoms with Crippen LogP contribution in [0.1, 0.15) is 37.7 Å². The molecule has 0 saturated heterocycles. The van der Waals surface area contributed by atoms with Gasteiger partial charge in [-0.15, -0.1) is 0 Å². The summed E-state index contributed by atoms with van der Waals surface area (Å²) in [5.74, 6) is 0.686. The molecule has 3 heteroatoms. The molecule has 0 unspecified atom stereocenters. The fourth-order valence-corrected chi connectivity index (χ4v) is 2.28. The SMILES string of the molecule is N#Cc1cc(F)ccc1OCC1CCCCC1. The lowest BCUT2D eigenvalue weighted by Crippen LogP contribution is -2.15. The molecule has 0 atom stereocenters. The van der Waals surface area contributed by atoms with Crippen molar-refractivity contribution in [2.24, 2.45) is 5.92 Å². The molecule has 0 amide bonds. The lowest BCUT2D eigenvalue weighted by atomic mass is 9.90. The predicted octanol–water partition coefficient (Wildman–Crippen LogP) is 3.66. The van der Waals surface area contributed by atoms with Crippen LogP contribution >= 0.6 is 0 Å². The van der Waals surface area contributed by atoms with Crippen LogP contribution in [0, 0.1) is 23.1 Å². The van der Waals surface area contributed by atoms with Crippen LogP contribution in [0.4, 0.5) is 4.39 Å². The number of ether oxygens (including phenoxy) is 1. The summed E-state index contributed by atoms with van der Waals surface area (Å²) in [6, 6.07) is 6.05. The van der Waals surface area contributed by atoms with E-state index in [0.717, 1.165) is 0 Å². The molecule has 2 nitrogen and oxygen atoms in total. The first-order chi connectivity index (χ1) is 8.29. The molecule has 1 saturated carbocycles.